The lowest BCUT2D eigenvalue weighted by Crippen LogP contribution is -2.27. The van der Waals surface area contributed by atoms with E-state index >= 15 is 0 Å². The Morgan fingerprint density at radius 1 is 1.11 bits per heavy atom. The SMILES string of the molecule is CN(C)c1ccc(N2C(=O)/C(=C/c3ccc(OCC(=O)Nc4ccccc4)c(Cl)c3)SC2=S)cc1. The van der Waals surface area contributed by atoms with Gasteiger partial charge < -0.3 is 15.0 Å². The van der Waals surface area contributed by atoms with Crippen molar-refractivity contribution in [1.29, 1.82) is 0 Å². The van der Waals surface area contributed by atoms with E-state index in [1.807, 2.05) is 61.5 Å². The lowest BCUT2D eigenvalue weighted by molar-refractivity contribution is -0.118. The van der Waals surface area contributed by atoms with Crippen molar-refractivity contribution in [2.45, 2.75) is 0 Å². The minimum absolute atomic E-state index is 0.181. The number of rotatable bonds is 7. The standard InChI is InChI=1S/C26H22ClN3O3S2/c1-29(2)19-9-11-20(12-10-19)30-25(32)23(35-26(30)34)15-17-8-13-22(21(27)14-17)33-16-24(31)28-18-6-4-3-5-7-18/h3-15H,16H2,1-2H3,(H,28,31)/b23-15-. The third-order valence-electron chi connectivity index (χ3n) is 5.09. The van der Waals surface area contributed by atoms with Gasteiger partial charge in [-0.25, -0.2) is 0 Å². The van der Waals surface area contributed by atoms with E-state index in [-0.39, 0.29) is 18.4 Å². The zero-order valence-corrected chi connectivity index (χ0v) is 21.4. The average molecular weight is 524 g/mol. The Morgan fingerprint density at radius 3 is 2.49 bits per heavy atom. The number of thiocarbonyl (C=S) groups is 1. The number of nitrogens with one attached hydrogen (secondary N) is 1. The molecule has 2 amide bonds. The van der Waals surface area contributed by atoms with Crippen LogP contribution in [-0.2, 0) is 9.59 Å². The second kappa shape index (κ2) is 10.9. The first-order valence-corrected chi connectivity index (χ1v) is 12.2. The van der Waals surface area contributed by atoms with Crippen molar-refractivity contribution in [2.24, 2.45) is 0 Å². The number of para-hydroxylation sites is 1. The van der Waals surface area contributed by atoms with Crippen molar-refractivity contribution in [2.75, 3.05) is 35.8 Å². The summed E-state index contributed by atoms with van der Waals surface area (Å²) in [6.45, 7) is -0.181. The number of ether oxygens (including phenoxy) is 1. The number of carbonyl (C=O) groups is 2. The number of amides is 2. The molecule has 35 heavy (non-hydrogen) atoms. The summed E-state index contributed by atoms with van der Waals surface area (Å²) in [7, 11) is 3.91. The third-order valence-corrected chi connectivity index (χ3v) is 6.69. The van der Waals surface area contributed by atoms with Gasteiger partial charge in [0, 0.05) is 25.5 Å². The molecule has 1 N–H and O–H groups in total. The smallest absolute Gasteiger partial charge is 0.270 e. The number of benzene rings is 3. The number of hydrogen-bond acceptors (Lipinski definition) is 6. The van der Waals surface area contributed by atoms with E-state index < -0.39 is 0 Å². The molecule has 0 atom stereocenters. The molecular formula is C26H22ClN3O3S2. The Labute approximate surface area is 218 Å². The zero-order chi connectivity index (χ0) is 24.9. The highest BCUT2D eigenvalue weighted by molar-refractivity contribution is 8.27. The summed E-state index contributed by atoms with van der Waals surface area (Å²) in [4.78, 5) is 29.2. The van der Waals surface area contributed by atoms with Crippen LogP contribution in [0.15, 0.2) is 77.7 Å². The molecule has 1 aliphatic rings. The Hall–Kier alpha value is -3.33. The molecule has 0 saturated carbocycles. The van der Waals surface area contributed by atoms with E-state index in [0.29, 0.717) is 25.7 Å². The summed E-state index contributed by atoms with van der Waals surface area (Å²) in [5.74, 6) is -0.106. The van der Waals surface area contributed by atoms with E-state index in [1.165, 1.54) is 16.7 Å². The molecule has 4 rings (SSSR count). The largest absolute Gasteiger partial charge is 0.482 e. The molecule has 0 spiro atoms. The number of thioether (sulfide) groups is 1. The van der Waals surface area contributed by atoms with Crippen molar-refractivity contribution in [3.63, 3.8) is 0 Å². The van der Waals surface area contributed by atoms with E-state index in [9.17, 15) is 9.59 Å². The topological polar surface area (TPSA) is 61.9 Å². The van der Waals surface area contributed by atoms with E-state index in [0.717, 1.165) is 16.9 Å². The van der Waals surface area contributed by atoms with Gasteiger partial charge in [-0.2, -0.15) is 0 Å². The van der Waals surface area contributed by atoms with Crippen LogP contribution in [0.2, 0.25) is 5.02 Å². The Kier molecular flexibility index (Phi) is 7.75. The molecular weight excluding hydrogens is 502 g/mol. The lowest BCUT2D eigenvalue weighted by atomic mass is 10.2. The molecule has 1 aliphatic heterocycles. The van der Waals surface area contributed by atoms with Crippen LogP contribution in [0.3, 0.4) is 0 Å². The van der Waals surface area contributed by atoms with E-state index in [2.05, 4.69) is 5.32 Å². The molecule has 0 radical (unpaired) electrons. The van der Waals surface area contributed by atoms with Crippen molar-refractivity contribution < 1.29 is 14.3 Å². The predicted octanol–water partition coefficient (Wildman–Crippen LogP) is 5.83. The van der Waals surface area contributed by atoms with Crippen LogP contribution in [0.25, 0.3) is 6.08 Å². The molecule has 9 heteroatoms. The fourth-order valence-corrected chi connectivity index (χ4v) is 4.87. The Bertz CT molecular complexity index is 1290. The van der Waals surface area contributed by atoms with Gasteiger partial charge in [0.25, 0.3) is 11.8 Å². The minimum atomic E-state index is -0.293. The first-order chi connectivity index (χ1) is 16.8. The molecule has 0 unspecified atom stereocenters. The summed E-state index contributed by atoms with van der Waals surface area (Å²) in [6, 6.07) is 21.9. The highest BCUT2D eigenvalue weighted by atomic mass is 35.5. The minimum Gasteiger partial charge on any atom is -0.482 e. The molecule has 0 aromatic heterocycles. The quantitative estimate of drug-likeness (QED) is 0.310. The molecule has 1 heterocycles. The monoisotopic (exact) mass is 523 g/mol. The maximum Gasteiger partial charge on any atom is 0.270 e. The van der Waals surface area contributed by atoms with Crippen LogP contribution in [0, 0.1) is 0 Å². The van der Waals surface area contributed by atoms with Crippen LogP contribution in [0.1, 0.15) is 5.56 Å². The average Bonchev–Trinajstić information content (AvgIpc) is 3.11. The molecule has 3 aromatic rings. The highest BCUT2D eigenvalue weighted by Crippen LogP contribution is 2.37. The van der Waals surface area contributed by atoms with Crippen LogP contribution < -0.4 is 19.9 Å². The predicted molar refractivity (Wildman–Crippen MR) is 148 cm³/mol. The maximum atomic E-state index is 13.1. The first-order valence-electron chi connectivity index (χ1n) is 10.6. The molecule has 1 saturated heterocycles. The van der Waals surface area contributed by atoms with Crippen LogP contribution in [0.5, 0.6) is 5.75 Å². The normalized spacial score (nSPS) is 14.4. The Morgan fingerprint density at radius 2 is 1.83 bits per heavy atom. The van der Waals surface area contributed by atoms with Crippen molar-refractivity contribution in [1.82, 2.24) is 0 Å². The third kappa shape index (κ3) is 6.03. The van der Waals surface area contributed by atoms with Gasteiger partial charge >= 0.3 is 0 Å². The number of hydrogen-bond donors (Lipinski definition) is 1. The van der Waals surface area contributed by atoms with Gasteiger partial charge in [-0.3, -0.25) is 14.5 Å². The number of halogens is 1. The van der Waals surface area contributed by atoms with E-state index in [4.69, 9.17) is 28.6 Å². The summed E-state index contributed by atoms with van der Waals surface area (Å²) in [5, 5.41) is 3.08. The van der Waals surface area contributed by atoms with Gasteiger partial charge in [-0.05, 0) is 60.2 Å². The fraction of sp³-hybridized carbons (Fsp3) is 0.115. The molecule has 0 aliphatic carbocycles. The van der Waals surface area contributed by atoms with Crippen LogP contribution in [-0.4, -0.2) is 36.8 Å². The number of anilines is 3. The zero-order valence-electron chi connectivity index (χ0n) is 19.0. The first kappa shape index (κ1) is 24.8. The maximum absolute atomic E-state index is 13.1. The molecule has 178 valence electrons. The van der Waals surface area contributed by atoms with Gasteiger partial charge in [-0.15, -0.1) is 0 Å². The van der Waals surface area contributed by atoms with Crippen LogP contribution in [0.4, 0.5) is 17.1 Å². The van der Waals surface area contributed by atoms with Crippen molar-refractivity contribution >= 4 is 74.9 Å². The van der Waals surface area contributed by atoms with Crippen molar-refractivity contribution in [3.05, 3.63) is 88.3 Å². The fourth-order valence-electron chi connectivity index (χ4n) is 3.33. The molecule has 6 nitrogen and oxygen atoms in total. The molecule has 0 bridgehead atoms. The van der Waals surface area contributed by atoms with Gasteiger partial charge in [0.1, 0.15) is 5.75 Å². The summed E-state index contributed by atoms with van der Waals surface area (Å²) >= 11 is 13.1. The number of carbonyl (C=O) groups excluding carboxylic acids is 2. The number of nitrogens with zero attached hydrogens (tertiary/aromatic N) is 2. The van der Waals surface area contributed by atoms with Gasteiger partial charge in [0.05, 0.1) is 15.6 Å². The van der Waals surface area contributed by atoms with Gasteiger partial charge in [-0.1, -0.05) is 59.8 Å². The summed E-state index contributed by atoms with van der Waals surface area (Å²) < 4.78 is 6.03. The van der Waals surface area contributed by atoms with E-state index in [1.54, 1.807) is 36.4 Å². The highest BCUT2D eigenvalue weighted by Gasteiger charge is 2.33. The molecule has 3 aromatic carbocycles. The van der Waals surface area contributed by atoms with Gasteiger partial charge in [0.2, 0.25) is 0 Å². The van der Waals surface area contributed by atoms with Crippen LogP contribution >= 0.6 is 35.6 Å². The Balaban J connectivity index is 1.42. The molecule has 1 fully saturated rings. The second-order valence-corrected chi connectivity index (χ2v) is 9.90. The van der Waals surface area contributed by atoms with Gasteiger partial charge in [0.15, 0.2) is 10.9 Å². The van der Waals surface area contributed by atoms with Crippen molar-refractivity contribution in [3.8, 4) is 5.75 Å². The summed E-state index contributed by atoms with van der Waals surface area (Å²) in [6.07, 6.45) is 1.74. The second-order valence-electron chi connectivity index (χ2n) is 7.82. The summed E-state index contributed by atoms with van der Waals surface area (Å²) in [5.41, 5.74) is 3.16. The lowest BCUT2D eigenvalue weighted by Gasteiger charge is -2.17.